The Kier molecular flexibility index (Phi) is 8.45. The van der Waals surface area contributed by atoms with Crippen LogP contribution in [0.25, 0.3) is 22.4 Å². The number of pyridine rings is 2. The second kappa shape index (κ2) is 12.3. The molecule has 1 saturated heterocycles. The van der Waals surface area contributed by atoms with Crippen LogP contribution in [0.4, 0.5) is 10.5 Å². The minimum Gasteiger partial charge on any atom is -0.450 e. The standard InChI is InChI=1S/C29H35N7O3/c1-4-39-29(37)34-28-32-17-23-14-22(21-5-6-24(31-16-21)19-36-9-11-38-12-10-36)15-25(27(23)33-28)26-13-20(7-8-30-26)18-35(2)3/h5-8,13-16H,4,9-12,17-19H2,1-3H3,(H2,32,33,34,37). The lowest BCUT2D eigenvalue weighted by Crippen LogP contribution is -2.38. The first-order chi connectivity index (χ1) is 19.0. The van der Waals surface area contributed by atoms with Gasteiger partial charge in [-0.25, -0.2) is 9.79 Å². The molecule has 2 aromatic heterocycles. The Balaban J connectivity index is 1.47. The molecule has 3 aromatic rings. The number of amides is 1. The van der Waals surface area contributed by atoms with Gasteiger partial charge in [0.2, 0.25) is 5.96 Å². The molecule has 1 amide bonds. The second-order valence-electron chi connectivity index (χ2n) is 9.91. The summed E-state index contributed by atoms with van der Waals surface area (Å²) in [6.07, 6.45) is 3.23. The Bertz CT molecular complexity index is 1340. The van der Waals surface area contributed by atoms with E-state index in [2.05, 4.69) is 55.8 Å². The molecule has 2 aliphatic heterocycles. The smallest absolute Gasteiger partial charge is 0.413 e. The zero-order valence-electron chi connectivity index (χ0n) is 22.7. The van der Waals surface area contributed by atoms with Crippen molar-refractivity contribution in [2.45, 2.75) is 26.6 Å². The van der Waals surface area contributed by atoms with Crippen molar-refractivity contribution >= 4 is 17.7 Å². The lowest BCUT2D eigenvalue weighted by atomic mass is 9.95. The number of aromatic nitrogens is 2. The van der Waals surface area contributed by atoms with Gasteiger partial charge in [0.25, 0.3) is 0 Å². The maximum Gasteiger partial charge on any atom is 0.413 e. The normalized spacial score (nSPS) is 15.3. The maximum absolute atomic E-state index is 12.0. The monoisotopic (exact) mass is 529 g/mol. The molecule has 2 N–H and O–H groups in total. The van der Waals surface area contributed by atoms with E-state index in [1.54, 1.807) is 6.92 Å². The predicted molar refractivity (Wildman–Crippen MR) is 151 cm³/mol. The zero-order valence-corrected chi connectivity index (χ0v) is 22.7. The average molecular weight is 530 g/mol. The summed E-state index contributed by atoms with van der Waals surface area (Å²) in [5, 5.41) is 5.99. The van der Waals surface area contributed by atoms with Crippen LogP contribution >= 0.6 is 0 Å². The molecule has 0 spiro atoms. The van der Waals surface area contributed by atoms with Gasteiger partial charge in [-0.15, -0.1) is 0 Å². The van der Waals surface area contributed by atoms with Crippen molar-refractivity contribution in [2.24, 2.45) is 4.99 Å². The van der Waals surface area contributed by atoms with Crippen LogP contribution in [0.5, 0.6) is 0 Å². The van der Waals surface area contributed by atoms with Gasteiger partial charge >= 0.3 is 6.09 Å². The molecule has 0 bridgehead atoms. The van der Waals surface area contributed by atoms with E-state index in [0.717, 1.165) is 84.3 Å². The average Bonchev–Trinajstić information content (AvgIpc) is 2.93. The molecule has 1 fully saturated rings. The minimum absolute atomic E-state index is 0.284. The van der Waals surface area contributed by atoms with Gasteiger partial charge in [-0.1, -0.05) is 6.07 Å². The first kappa shape index (κ1) is 26.7. The van der Waals surface area contributed by atoms with Crippen molar-refractivity contribution in [3.8, 4) is 22.4 Å². The van der Waals surface area contributed by atoms with E-state index < -0.39 is 6.09 Å². The van der Waals surface area contributed by atoms with Gasteiger partial charge < -0.3 is 19.7 Å². The van der Waals surface area contributed by atoms with Crippen LogP contribution in [0.1, 0.15) is 23.7 Å². The van der Waals surface area contributed by atoms with Crippen LogP contribution in [0.15, 0.2) is 53.8 Å². The molecule has 1 aromatic carbocycles. The summed E-state index contributed by atoms with van der Waals surface area (Å²) in [4.78, 5) is 30.5. The largest absolute Gasteiger partial charge is 0.450 e. The van der Waals surface area contributed by atoms with E-state index in [9.17, 15) is 4.79 Å². The number of nitrogens with one attached hydrogen (secondary N) is 2. The summed E-state index contributed by atoms with van der Waals surface area (Å²) in [7, 11) is 4.09. The Labute approximate surface area is 229 Å². The van der Waals surface area contributed by atoms with Gasteiger partial charge in [-0.3, -0.25) is 20.2 Å². The molecule has 0 unspecified atom stereocenters. The molecule has 2 aliphatic rings. The van der Waals surface area contributed by atoms with Gasteiger partial charge in [-0.05, 0) is 68.0 Å². The zero-order chi connectivity index (χ0) is 27.2. The Morgan fingerprint density at radius 2 is 1.97 bits per heavy atom. The number of aliphatic imine (C=N–C) groups is 1. The van der Waals surface area contributed by atoms with E-state index in [1.165, 1.54) is 0 Å². The van der Waals surface area contributed by atoms with Crippen LogP contribution in [0, 0.1) is 0 Å². The van der Waals surface area contributed by atoms with Crippen molar-refractivity contribution in [3.05, 3.63) is 65.6 Å². The van der Waals surface area contributed by atoms with Gasteiger partial charge in [0.05, 0.1) is 43.4 Å². The molecule has 39 heavy (non-hydrogen) atoms. The molecule has 5 rings (SSSR count). The third-order valence-corrected chi connectivity index (χ3v) is 6.61. The highest BCUT2D eigenvalue weighted by atomic mass is 16.5. The van der Waals surface area contributed by atoms with Crippen LogP contribution in [0.2, 0.25) is 0 Å². The maximum atomic E-state index is 12.0. The fraction of sp³-hybridized carbons (Fsp3) is 0.379. The highest BCUT2D eigenvalue weighted by molar-refractivity contribution is 6.06. The summed E-state index contributed by atoms with van der Waals surface area (Å²) in [6, 6.07) is 12.6. The molecule has 0 aliphatic carbocycles. The number of morpholine rings is 1. The molecule has 0 saturated carbocycles. The summed E-state index contributed by atoms with van der Waals surface area (Å²) >= 11 is 0. The number of hydrogen-bond donors (Lipinski definition) is 2. The van der Waals surface area contributed by atoms with E-state index >= 15 is 0 Å². The molecule has 204 valence electrons. The van der Waals surface area contributed by atoms with Crippen molar-refractivity contribution in [1.82, 2.24) is 25.1 Å². The molecule has 4 heterocycles. The number of benzene rings is 1. The third-order valence-electron chi connectivity index (χ3n) is 6.61. The molecule has 10 heteroatoms. The quantitative estimate of drug-likeness (QED) is 0.477. The van der Waals surface area contributed by atoms with Gasteiger partial charge in [0.15, 0.2) is 0 Å². The van der Waals surface area contributed by atoms with Crippen molar-refractivity contribution in [3.63, 3.8) is 0 Å². The van der Waals surface area contributed by atoms with Gasteiger partial charge in [-0.2, -0.15) is 0 Å². The van der Waals surface area contributed by atoms with Crippen LogP contribution < -0.4 is 10.6 Å². The van der Waals surface area contributed by atoms with Crippen LogP contribution in [-0.2, 0) is 29.1 Å². The number of ether oxygens (including phenoxy) is 2. The lowest BCUT2D eigenvalue weighted by Gasteiger charge is -2.26. The number of guanidine groups is 1. The third kappa shape index (κ3) is 6.78. The number of fused-ring (bicyclic) bond motifs is 1. The predicted octanol–water partition coefficient (Wildman–Crippen LogP) is 3.73. The van der Waals surface area contributed by atoms with Gasteiger partial charge in [0, 0.05) is 49.7 Å². The fourth-order valence-electron chi connectivity index (χ4n) is 4.76. The first-order valence-corrected chi connectivity index (χ1v) is 13.3. The van der Waals surface area contributed by atoms with E-state index in [-0.39, 0.29) is 6.61 Å². The molecular formula is C29H35N7O3. The van der Waals surface area contributed by atoms with E-state index in [4.69, 9.17) is 19.4 Å². The van der Waals surface area contributed by atoms with E-state index in [0.29, 0.717) is 12.5 Å². The number of anilines is 1. The number of rotatable bonds is 7. The molecule has 0 atom stereocenters. The second-order valence-corrected chi connectivity index (χ2v) is 9.91. The number of carbonyl (C=O) groups excluding carboxylic acids is 1. The summed E-state index contributed by atoms with van der Waals surface area (Å²) < 4.78 is 10.5. The number of hydrogen-bond acceptors (Lipinski definition) is 9. The lowest BCUT2D eigenvalue weighted by molar-refractivity contribution is 0.0336. The van der Waals surface area contributed by atoms with Gasteiger partial charge in [0.1, 0.15) is 0 Å². The van der Waals surface area contributed by atoms with Crippen molar-refractivity contribution in [1.29, 1.82) is 0 Å². The number of alkyl carbamates (subject to hydrolysis) is 1. The molecule has 10 nitrogen and oxygen atoms in total. The van der Waals surface area contributed by atoms with Crippen LogP contribution in [0.3, 0.4) is 0 Å². The Morgan fingerprint density at radius 1 is 1.13 bits per heavy atom. The summed E-state index contributed by atoms with van der Waals surface area (Å²) in [5.74, 6) is 0.355. The highest BCUT2D eigenvalue weighted by Gasteiger charge is 2.21. The fourth-order valence-corrected chi connectivity index (χ4v) is 4.76. The first-order valence-electron chi connectivity index (χ1n) is 13.3. The van der Waals surface area contributed by atoms with Crippen molar-refractivity contribution in [2.75, 3.05) is 52.3 Å². The number of carbonyl (C=O) groups is 1. The van der Waals surface area contributed by atoms with E-state index in [1.807, 2.05) is 32.6 Å². The SMILES string of the molecule is CCOC(=O)NC1=NCc2cc(-c3ccc(CN4CCOCC4)nc3)cc(-c3cc(CN(C)C)ccn3)c2N1. The number of nitrogens with zero attached hydrogens (tertiary/aromatic N) is 5. The summed E-state index contributed by atoms with van der Waals surface area (Å²) in [6.45, 7) is 7.47. The summed E-state index contributed by atoms with van der Waals surface area (Å²) in [5.41, 5.74) is 7.90. The molecule has 0 radical (unpaired) electrons. The highest BCUT2D eigenvalue weighted by Crippen LogP contribution is 2.37. The van der Waals surface area contributed by atoms with Crippen LogP contribution in [-0.4, -0.2) is 78.8 Å². The molecular weight excluding hydrogens is 494 g/mol. The topological polar surface area (TPSA) is 104 Å². The van der Waals surface area contributed by atoms with Crippen molar-refractivity contribution < 1.29 is 14.3 Å². The Hall–Kier alpha value is -3.86. The Morgan fingerprint density at radius 3 is 2.72 bits per heavy atom. The minimum atomic E-state index is -0.542.